The average molecular weight is 273 g/mol. The molecule has 0 fully saturated rings. The number of hydrogen-bond donors (Lipinski definition) is 1. The van der Waals surface area contributed by atoms with E-state index in [2.05, 4.69) is 5.32 Å². The Morgan fingerprint density at radius 1 is 1.30 bits per heavy atom. The second-order valence-corrected chi connectivity index (χ2v) is 4.50. The van der Waals surface area contributed by atoms with Crippen molar-refractivity contribution in [1.29, 1.82) is 0 Å². The van der Waals surface area contributed by atoms with E-state index < -0.39 is 0 Å². The van der Waals surface area contributed by atoms with Crippen molar-refractivity contribution in [2.75, 3.05) is 13.2 Å². The van der Waals surface area contributed by atoms with E-state index in [1.165, 1.54) is 6.26 Å². The Hall–Kier alpha value is -2.07. The van der Waals surface area contributed by atoms with Crippen LogP contribution in [0.1, 0.15) is 34.7 Å². The second-order valence-electron chi connectivity index (χ2n) is 4.50. The Kier molecular flexibility index (Phi) is 4.96. The number of hydrogen-bond acceptors (Lipinski definition) is 3. The maximum absolute atomic E-state index is 12.0. The summed E-state index contributed by atoms with van der Waals surface area (Å²) in [4.78, 5) is 12.0. The standard InChI is InChI=1S/C16H19NO3/c1-3-19-14(13-7-5-4-6-8-13)11-17-16(18)15-12(2)9-10-20-15/h4-10,14H,3,11H2,1-2H3,(H,17,18). The number of rotatable bonds is 6. The maximum Gasteiger partial charge on any atom is 0.287 e. The molecule has 4 nitrogen and oxygen atoms in total. The van der Waals surface area contributed by atoms with Crippen molar-refractivity contribution in [2.24, 2.45) is 0 Å². The van der Waals surface area contributed by atoms with Crippen LogP contribution in [-0.4, -0.2) is 19.1 Å². The van der Waals surface area contributed by atoms with E-state index in [1.54, 1.807) is 6.07 Å². The van der Waals surface area contributed by atoms with Gasteiger partial charge in [0, 0.05) is 18.7 Å². The topological polar surface area (TPSA) is 51.5 Å². The van der Waals surface area contributed by atoms with Crippen LogP contribution in [0.25, 0.3) is 0 Å². The van der Waals surface area contributed by atoms with Gasteiger partial charge in [-0.3, -0.25) is 4.79 Å². The largest absolute Gasteiger partial charge is 0.459 e. The Labute approximate surface area is 118 Å². The molecule has 1 heterocycles. The fourth-order valence-corrected chi connectivity index (χ4v) is 2.01. The molecule has 0 bridgehead atoms. The molecular weight excluding hydrogens is 254 g/mol. The van der Waals surface area contributed by atoms with Gasteiger partial charge >= 0.3 is 0 Å². The molecule has 2 rings (SSSR count). The highest BCUT2D eigenvalue weighted by Crippen LogP contribution is 2.16. The predicted octanol–water partition coefficient (Wildman–Crippen LogP) is 3.10. The zero-order valence-corrected chi connectivity index (χ0v) is 11.8. The molecule has 0 aliphatic rings. The highest BCUT2D eigenvalue weighted by molar-refractivity contribution is 5.92. The van der Waals surface area contributed by atoms with Gasteiger partial charge in [0.05, 0.1) is 12.4 Å². The highest BCUT2D eigenvalue weighted by atomic mass is 16.5. The molecule has 20 heavy (non-hydrogen) atoms. The molecule has 0 aliphatic heterocycles. The van der Waals surface area contributed by atoms with Gasteiger partial charge < -0.3 is 14.5 Å². The van der Waals surface area contributed by atoms with E-state index in [1.807, 2.05) is 44.2 Å². The van der Waals surface area contributed by atoms with Crippen LogP contribution in [-0.2, 0) is 4.74 Å². The molecule has 106 valence electrons. The normalized spacial score (nSPS) is 12.1. The lowest BCUT2D eigenvalue weighted by molar-refractivity contribution is 0.0579. The summed E-state index contributed by atoms with van der Waals surface area (Å²) in [6.45, 7) is 4.79. The minimum atomic E-state index is -0.215. The van der Waals surface area contributed by atoms with Crippen LogP contribution in [0.3, 0.4) is 0 Å². The highest BCUT2D eigenvalue weighted by Gasteiger charge is 2.16. The molecule has 1 unspecified atom stereocenters. The van der Waals surface area contributed by atoms with Gasteiger partial charge in [0.15, 0.2) is 5.76 Å². The molecule has 0 spiro atoms. The van der Waals surface area contributed by atoms with Crippen LogP contribution in [0.5, 0.6) is 0 Å². The predicted molar refractivity (Wildman–Crippen MR) is 76.6 cm³/mol. The van der Waals surface area contributed by atoms with Gasteiger partial charge in [-0.25, -0.2) is 0 Å². The number of furan rings is 1. The van der Waals surface area contributed by atoms with E-state index in [0.717, 1.165) is 11.1 Å². The molecule has 0 saturated heterocycles. The number of amides is 1. The van der Waals surface area contributed by atoms with Crippen LogP contribution in [0.2, 0.25) is 0 Å². The average Bonchev–Trinajstić information content (AvgIpc) is 2.90. The fourth-order valence-electron chi connectivity index (χ4n) is 2.01. The van der Waals surface area contributed by atoms with Crippen molar-refractivity contribution in [1.82, 2.24) is 5.32 Å². The lowest BCUT2D eigenvalue weighted by atomic mass is 10.1. The molecule has 1 aromatic heterocycles. The van der Waals surface area contributed by atoms with Crippen LogP contribution >= 0.6 is 0 Å². The van der Waals surface area contributed by atoms with Crippen molar-refractivity contribution in [2.45, 2.75) is 20.0 Å². The van der Waals surface area contributed by atoms with Crippen LogP contribution in [0.4, 0.5) is 0 Å². The van der Waals surface area contributed by atoms with Crippen molar-refractivity contribution < 1.29 is 13.9 Å². The van der Waals surface area contributed by atoms with Crippen LogP contribution < -0.4 is 5.32 Å². The third-order valence-corrected chi connectivity index (χ3v) is 3.06. The molecule has 1 amide bonds. The Morgan fingerprint density at radius 2 is 2.05 bits per heavy atom. The van der Waals surface area contributed by atoms with Crippen molar-refractivity contribution in [3.63, 3.8) is 0 Å². The van der Waals surface area contributed by atoms with Gasteiger partial charge in [-0.05, 0) is 25.5 Å². The van der Waals surface area contributed by atoms with E-state index in [9.17, 15) is 4.79 Å². The van der Waals surface area contributed by atoms with Gasteiger partial charge in [-0.2, -0.15) is 0 Å². The molecule has 1 aromatic carbocycles. The van der Waals surface area contributed by atoms with Crippen molar-refractivity contribution >= 4 is 5.91 Å². The Balaban J connectivity index is 1.99. The summed E-state index contributed by atoms with van der Waals surface area (Å²) in [7, 11) is 0. The van der Waals surface area contributed by atoms with E-state index >= 15 is 0 Å². The molecule has 0 saturated carbocycles. The van der Waals surface area contributed by atoms with Crippen LogP contribution in [0.15, 0.2) is 47.1 Å². The summed E-state index contributed by atoms with van der Waals surface area (Å²) < 4.78 is 10.9. The van der Waals surface area contributed by atoms with Crippen molar-refractivity contribution in [3.8, 4) is 0 Å². The smallest absolute Gasteiger partial charge is 0.287 e. The molecule has 4 heteroatoms. The van der Waals surface area contributed by atoms with Crippen molar-refractivity contribution in [3.05, 3.63) is 59.5 Å². The molecule has 1 atom stereocenters. The first-order valence-electron chi connectivity index (χ1n) is 6.71. The number of carbonyl (C=O) groups is 1. The molecular formula is C16H19NO3. The number of aryl methyl sites for hydroxylation is 1. The summed E-state index contributed by atoms with van der Waals surface area (Å²) >= 11 is 0. The van der Waals surface area contributed by atoms with Crippen LogP contribution in [0, 0.1) is 6.92 Å². The first-order chi connectivity index (χ1) is 9.72. The summed E-state index contributed by atoms with van der Waals surface area (Å²) in [5.41, 5.74) is 1.88. The Morgan fingerprint density at radius 3 is 2.65 bits per heavy atom. The third-order valence-electron chi connectivity index (χ3n) is 3.06. The van der Waals surface area contributed by atoms with E-state index in [-0.39, 0.29) is 12.0 Å². The number of benzene rings is 1. The van der Waals surface area contributed by atoms with Gasteiger partial charge in [0.25, 0.3) is 5.91 Å². The quantitative estimate of drug-likeness (QED) is 0.880. The molecule has 1 N–H and O–H groups in total. The third kappa shape index (κ3) is 3.48. The van der Waals surface area contributed by atoms with E-state index in [0.29, 0.717) is 18.9 Å². The minimum absolute atomic E-state index is 0.152. The maximum atomic E-state index is 12.0. The van der Waals surface area contributed by atoms with Gasteiger partial charge in [0.1, 0.15) is 0 Å². The first-order valence-corrected chi connectivity index (χ1v) is 6.71. The molecule has 0 radical (unpaired) electrons. The minimum Gasteiger partial charge on any atom is -0.459 e. The summed E-state index contributed by atoms with van der Waals surface area (Å²) in [5, 5.41) is 2.85. The SMILES string of the molecule is CCOC(CNC(=O)c1occc1C)c1ccccc1. The lowest BCUT2D eigenvalue weighted by Crippen LogP contribution is -2.29. The zero-order chi connectivity index (χ0) is 14.4. The van der Waals surface area contributed by atoms with E-state index in [4.69, 9.17) is 9.15 Å². The molecule has 0 aliphatic carbocycles. The monoisotopic (exact) mass is 273 g/mol. The zero-order valence-electron chi connectivity index (χ0n) is 11.8. The van der Waals surface area contributed by atoms with Gasteiger partial charge in [0.2, 0.25) is 0 Å². The summed E-state index contributed by atoms with van der Waals surface area (Å²) in [6.07, 6.45) is 1.36. The van der Waals surface area contributed by atoms with Gasteiger partial charge in [-0.15, -0.1) is 0 Å². The first kappa shape index (κ1) is 14.3. The number of ether oxygens (including phenoxy) is 1. The molecule has 2 aromatic rings. The Bertz CT molecular complexity index is 548. The van der Waals surface area contributed by atoms with Gasteiger partial charge in [-0.1, -0.05) is 30.3 Å². The lowest BCUT2D eigenvalue weighted by Gasteiger charge is -2.17. The fraction of sp³-hybridized carbons (Fsp3) is 0.312. The summed E-state index contributed by atoms with van der Waals surface area (Å²) in [5.74, 6) is 0.140. The second kappa shape index (κ2) is 6.91. The number of carbonyl (C=O) groups excluding carboxylic acids is 1. The summed E-state index contributed by atoms with van der Waals surface area (Å²) in [6, 6.07) is 11.6. The number of nitrogens with one attached hydrogen (secondary N) is 1.